The van der Waals surface area contributed by atoms with E-state index in [-0.39, 0.29) is 6.10 Å². The molecule has 3 heterocycles. The molecule has 0 radical (unpaired) electrons. The Labute approximate surface area is 123 Å². The predicted molar refractivity (Wildman–Crippen MR) is 74.5 cm³/mol. The fraction of sp³-hybridized carbons (Fsp3) is 0.692. The Kier molecular flexibility index (Phi) is 4.54. The van der Waals surface area contributed by atoms with Gasteiger partial charge in [0.1, 0.15) is 17.6 Å². The Hall–Kier alpha value is -1.11. The summed E-state index contributed by atoms with van der Waals surface area (Å²) in [6.45, 7) is 4.30. The first-order chi connectivity index (χ1) is 9.81. The molecular weight excluding hydrogens is 282 g/mol. The fourth-order valence-electron chi connectivity index (χ4n) is 2.35. The van der Waals surface area contributed by atoms with Crippen LogP contribution in [-0.2, 0) is 9.47 Å². The Morgan fingerprint density at radius 1 is 1.30 bits per heavy atom. The second-order valence-electron chi connectivity index (χ2n) is 4.88. The van der Waals surface area contributed by atoms with Gasteiger partial charge in [-0.3, -0.25) is 0 Å². The zero-order chi connectivity index (χ0) is 13.8. The fourth-order valence-corrected chi connectivity index (χ4v) is 2.52. The third kappa shape index (κ3) is 3.50. The molecule has 2 aliphatic rings. The molecule has 1 atom stereocenters. The number of morpholine rings is 1. The minimum absolute atomic E-state index is 0.143. The topological polar surface area (TPSA) is 56.7 Å². The van der Waals surface area contributed by atoms with Crippen molar-refractivity contribution in [3.63, 3.8) is 0 Å². The first kappa shape index (κ1) is 13.9. The number of hydrogen-bond acceptors (Lipinski definition) is 6. The molecule has 0 amide bonds. The Balaban J connectivity index is 1.65. The highest BCUT2D eigenvalue weighted by atomic mass is 35.5. The van der Waals surface area contributed by atoms with Crippen molar-refractivity contribution in [3.8, 4) is 6.01 Å². The molecule has 20 heavy (non-hydrogen) atoms. The smallest absolute Gasteiger partial charge is 0.319 e. The van der Waals surface area contributed by atoms with Crippen LogP contribution in [0.5, 0.6) is 6.01 Å². The molecule has 0 aromatic carbocycles. The van der Waals surface area contributed by atoms with Gasteiger partial charge in [-0.1, -0.05) is 11.6 Å². The van der Waals surface area contributed by atoms with Crippen molar-refractivity contribution >= 4 is 17.4 Å². The van der Waals surface area contributed by atoms with Crippen LogP contribution in [0.3, 0.4) is 0 Å². The lowest BCUT2D eigenvalue weighted by Crippen LogP contribution is -2.36. The lowest BCUT2D eigenvalue weighted by atomic mass is 10.2. The molecule has 2 aliphatic heterocycles. The summed E-state index contributed by atoms with van der Waals surface area (Å²) in [7, 11) is 0. The average Bonchev–Trinajstić information content (AvgIpc) is 2.99. The third-order valence-electron chi connectivity index (χ3n) is 3.42. The van der Waals surface area contributed by atoms with E-state index in [0.717, 1.165) is 38.4 Å². The quantitative estimate of drug-likeness (QED) is 0.786. The van der Waals surface area contributed by atoms with E-state index >= 15 is 0 Å². The van der Waals surface area contributed by atoms with E-state index in [1.807, 2.05) is 0 Å². The molecule has 0 bridgehead atoms. The monoisotopic (exact) mass is 299 g/mol. The average molecular weight is 300 g/mol. The van der Waals surface area contributed by atoms with Gasteiger partial charge in [0.15, 0.2) is 0 Å². The van der Waals surface area contributed by atoms with E-state index in [0.29, 0.717) is 31.0 Å². The van der Waals surface area contributed by atoms with Gasteiger partial charge < -0.3 is 19.1 Å². The van der Waals surface area contributed by atoms with E-state index in [1.165, 1.54) is 0 Å². The summed E-state index contributed by atoms with van der Waals surface area (Å²) >= 11 is 6.04. The van der Waals surface area contributed by atoms with Crippen molar-refractivity contribution in [1.29, 1.82) is 0 Å². The van der Waals surface area contributed by atoms with Gasteiger partial charge in [0.25, 0.3) is 0 Å². The summed E-state index contributed by atoms with van der Waals surface area (Å²) in [5, 5.41) is 0.392. The maximum Gasteiger partial charge on any atom is 0.319 e. The number of nitrogens with zero attached hydrogens (tertiary/aromatic N) is 3. The molecule has 1 aromatic rings. The molecule has 2 saturated heterocycles. The minimum atomic E-state index is 0.143. The summed E-state index contributed by atoms with van der Waals surface area (Å²) in [5.74, 6) is 0.788. The van der Waals surface area contributed by atoms with Gasteiger partial charge in [0, 0.05) is 25.8 Å². The molecule has 7 heteroatoms. The SMILES string of the molecule is Clc1cc(N2CCOCC2)nc(OCC2CCCO2)n1. The van der Waals surface area contributed by atoms with Crippen LogP contribution >= 0.6 is 11.6 Å². The second kappa shape index (κ2) is 6.56. The number of rotatable bonds is 4. The van der Waals surface area contributed by atoms with E-state index in [2.05, 4.69) is 14.9 Å². The summed E-state index contributed by atoms with van der Waals surface area (Å²) < 4.78 is 16.5. The van der Waals surface area contributed by atoms with Crippen molar-refractivity contribution in [3.05, 3.63) is 11.2 Å². The molecule has 6 nitrogen and oxygen atoms in total. The lowest BCUT2D eigenvalue weighted by Gasteiger charge is -2.27. The van der Waals surface area contributed by atoms with E-state index in [4.69, 9.17) is 25.8 Å². The molecule has 2 fully saturated rings. The van der Waals surface area contributed by atoms with Crippen molar-refractivity contribution in [1.82, 2.24) is 9.97 Å². The van der Waals surface area contributed by atoms with Crippen molar-refractivity contribution in [2.75, 3.05) is 44.4 Å². The summed E-state index contributed by atoms with van der Waals surface area (Å²) in [6, 6.07) is 2.07. The van der Waals surface area contributed by atoms with Crippen LogP contribution in [0.1, 0.15) is 12.8 Å². The lowest BCUT2D eigenvalue weighted by molar-refractivity contribution is 0.0645. The highest BCUT2D eigenvalue weighted by molar-refractivity contribution is 6.29. The number of anilines is 1. The van der Waals surface area contributed by atoms with Gasteiger partial charge in [-0.15, -0.1) is 0 Å². The molecule has 1 unspecified atom stereocenters. The molecule has 3 rings (SSSR count). The summed E-state index contributed by atoms with van der Waals surface area (Å²) in [6.07, 6.45) is 2.25. The highest BCUT2D eigenvalue weighted by Gasteiger charge is 2.18. The zero-order valence-corrected chi connectivity index (χ0v) is 12.0. The van der Waals surface area contributed by atoms with E-state index in [9.17, 15) is 0 Å². The Bertz CT molecular complexity index is 448. The largest absolute Gasteiger partial charge is 0.461 e. The van der Waals surface area contributed by atoms with Crippen LogP contribution < -0.4 is 9.64 Å². The summed E-state index contributed by atoms with van der Waals surface area (Å²) in [4.78, 5) is 10.6. The molecule has 0 N–H and O–H groups in total. The van der Waals surface area contributed by atoms with Crippen molar-refractivity contribution in [2.45, 2.75) is 18.9 Å². The van der Waals surface area contributed by atoms with Crippen LogP contribution in [0, 0.1) is 0 Å². The molecule has 0 aliphatic carbocycles. The third-order valence-corrected chi connectivity index (χ3v) is 3.61. The number of aromatic nitrogens is 2. The number of ether oxygens (including phenoxy) is 3. The van der Waals surface area contributed by atoms with Gasteiger partial charge in [-0.2, -0.15) is 9.97 Å². The zero-order valence-electron chi connectivity index (χ0n) is 11.3. The number of hydrogen-bond donors (Lipinski definition) is 0. The standard InChI is InChI=1S/C13H18ClN3O3/c14-11-8-12(17-3-6-18-7-4-17)16-13(15-11)20-9-10-2-1-5-19-10/h8,10H,1-7,9H2. The first-order valence-corrected chi connectivity index (χ1v) is 7.31. The number of halogens is 1. The van der Waals surface area contributed by atoms with E-state index in [1.54, 1.807) is 6.07 Å². The van der Waals surface area contributed by atoms with Crippen LogP contribution in [0.15, 0.2) is 6.07 Å². The maximum atomic E-state index is 6.04. The molecule has 0 saturated carbocycles. The van der Waals surface area contributed by atoms with Crippen molar-refractivity contribution < 1.29 is 14.2 Å². The van der Waals surface area contributed by atoms with Crippen LogP contribution in [0.2, 0.25) is 5.15 Å². The molecule has 0 spiro atoms. The maximum absolute atomic E-state index is 6.04. The predicted octanol–water partition coefficient (Wildman–Crippen LogP) is 1.52. The Morgan fingerprint density at radius 3 is 2.90 bits per heavy atom. The normalized spacial score (nSPS) is 23.1. The Morgan fingerprint density at radius 2 is 2.15 bits per heavy atom. The molecular formula is C13H18ClN3O3. The summed E-state index contributed by atoms with van der Waals surface area (Å²) in [5.41, 5.74) is 0. The van der Waals surface area contributed by atoms with Crippen LogP contribution in [0.4, 0.5) is 5.82 Å². The first-order valence-electron chi connectivity index (χ1n) is 6.93. The highest BCUT2D eigenvalue weighted by Crippen LogP contribution is 2.21. The van der Waals surface area contributed by atoms with Crippen LogP contribution in [-0.4, -0.2) is 55.6 Å². The van der Waals surface area contributed by atoms with Crippen molar-refractivity contribution in [2.24, 2.45) is 0 Å². The van der Waals surface area contributed by atoms with Gasteiger partial charge in [-0.25, -0.2) is 0 Å². The van der Waals surface area contributed by atoms with Gasteiger partial charge >= 0.3 is 6.01 Å². The van der Waals surface area contributed by atoms with Gasteiger partial charge in [0.2, 0.25) is 0 Å². The van der Waals surface area contributed by atoms with Gasteiger partial charge in [0.05, 0.1) is 19.3 Å². The van der Waals surface area contributed by atoms with E-state index < -0.39 is 0 Å². The molecule has 1 aromatic heterocycles. The second-order valence-corrected chi connectivity index (χ2v) is 5.26. The van der Waals surface area contributed by atoms with Gasteiger partial charge in [-0.05, 0) is 12.8 Å². The molecule has 110 valence electrons. The van der Waals surface area contributed by atoms with Crippen LogP contribution in [0.25, 0.3) is 0 Å². The minimum Gasteiger partial charge on any atom is -0.461 e.